The van der Waals surface area contributed by atoms with Crippen molar-refractivity contribution in [2.45, 2.75) is 33.2 Å². The van der Waals surface area contributed by atoms with Crippen molar-refractivity contribution in [3.8, 4) is 0 Å². The fourth-order valence-corrected chi connectivity index (χ4v) is 0.741. The highest BCUT2D eigenvalue weighted by atomic mass is 16.5. The highest BCUT2D eigenvalue weighted by molar-refractivity contribution is 5.67. The summed E-state index contributed by atoms with van der Waals surface area (Å²) in [6.07, 6.45) is 0.711. The average Bonchev–Trinajstić information content (AvgIpc) is 2.02. The largest absolute Gasteiger partial charge is 0.453 e. The van der Waals surface area contributed by atoms with Gasteiger partial charge in [0.15, 0.2) is 0 Å². The Hall–Kier alpha value is -0.730. The highest BCUT2D eigenvalue weighted by Gasteiger charge is 2.12. The number of methoxy groups -OCH3 is 1. The van der Waals surface area contributed by atoms with E-state index in [0.29, 0.717) is 5.92 Å². The molecule has 0 fully saturated rings. The SMILES string of the molecule is CCC(C)C(C)NC(=O)OC. The second-order valence-corrected chi connectivity index (χ2v) is 2.81. The Labute approximate surface area is 68.1 Å². The van der Waals surface area contributed by atoms with Crippen molar-refractivity contribution in [3.63, 3.8) is 0 Å². The molecule has 66 valence electrons. The van der Waals surface area contributed by atoms with E-state index in [4.69, 9.17) is 0 Å². The van der Waals surface area contributed by atoms with Gasteiger partial charge in [-0.05, 0) is 12.8 Å². The van der Waals surface area contributed by atoms with E-state index in [9.17, 15) is 4.79 Å². The molecule has 3 nitrogen and oxygen atoms in total. The second kappa shape index (κ2) is 4.99. The van der Waals surface area contributed by atoms with Crippen LogP contribution in [0.2, 0.25) is 0 Å². The molecule has 0 bridgehead atoms. The summed E-state index contributed by atoms with van der Waals surface area (Å²) < 4.78 is 4.47. The van der Waals surface area contributed by atoms with Gasteiger partial charge in [0.2, 0.25) is 0 Å². The Balaban J connectivity index is 3.67. The summed E-state index contributed by atoms with van der Waals surface area (Å²) in [6.45, 7) is 6.17. The van der Waals surface area contributed by atoms with Crippen molar-refractivity contribution in [2.75, 3.05) is 7.11 Å². The van der Waals surface area contributed by atoms with Crippen LogP contribution in [-0.4, -0.2) is 19.2 Å². The number of hydrogen-bond donors (Lipinski definition) is 1. The summed E-state index contributed by atoms with van der Waals surface area (Å²) in [5, 5.41) is 2.72. The first-order valence-electron chi connectivity index (χ1n) is 3.96. The lowest BCUT2D eigenvalue weighted by Crippen LogP contribution is -2.36. The molecule has 2 unspecified atom stereocenters. The number of nitrogens with one attached hydrogen (secondary N) is 1. The van der Waals surface area contributed by atoms with Crippen LogP contribution in [0.15, 0.2) is 0 Å². The number of alkyl carbamates (subject to hydrolysis) is 1. The lowest BCUT2D eigenvalue weighted by atomic mass is 10.0. The summed E-state index contributed by atoms with van der Waals surface area (Å²) in [7, 11) is 1.37. The van der Waals surface area contributed by atoms with E-state index >= 15 is 0 Å². The Morgan fingerprint density at radius 2 is 2.09 bits per heavy atom. The molecule has 3 heteroatoms. The van der Waals surface area contributed by atoms with Crippen LogP contribution in [0.25, 0.3) is 0 Å². The van der Waals surface area contributed by atoms with Crippen molar-refractivity contribution in [1.29, 1.82) is 0 Å². The molecule has 0 saturated heterocycles. The molecule has 0 aromatic heterocycles. The van der Waals surface area contributed by atoms with Gasteiger partial charge in [-0.2, -0.15) is 0 Å². The first-order chi connectivity index (χ1) is 5.11. The fourth-order valence-electron chi connectivity index (χ4n) is 0.741. The van der Waals surface area contributed by atoms with Gasteiger partial charge in [-0.25, -0.2) is 4.79 Å². The molecule has 0 aliphatic carbocycles. The van der Waals surface area contributed by atoms with Gasteiger partial charge in [0.25, 0.3) is 0 Å². The molecule has 1 N–H and O–H groups in total. The van der Waals surface area contributed by atoms with Crippen LogP contribution >= 0.6 is 0 Å². The zero-order valence-electron chi connectivity index (χ0n) is 7.68. The molecule has 1 amide bonds. The molecule has 0 heterocycles. The third-order valence-corrected chi connectivity index (χ3v) is 2.03. The molecular weight excluding hydrogens is 142 g/mol. The quantitative estimate of drug-likeness (QED) is 0.681. The number of hydrogen-bond acceptors (Lipinski definition) is 2. The van der Waals surface area contributed by atoms with Crippen LogP contribution < -0.4 is 5.32 Å². The zero-order valence-corrected chi connectivity index (χ0v) is 7.68. The lowest BCUT2D eigenvalue weighted by molar-refractivity contribution is 0.163. The highest BCUT2D eigenvalue weighted by Crippen LogP contribution is 2.06. The Morgan fingerprint density at radius 3 is 2.45 bits per heavy atom. The second-order valence-electron chi connectivity index (χ2n) is 2.81. The predicted molar refractivity (Wildman–Crippen MR) is 44.5 cm³/mol. The number of carbonyl (C=O) groups excluding carboxylic acids is 1. The van der Waals surface area contributed by atoms with E-state index in [-0.39, 0.29) is 12.1 Å². The van der Waals surface area contributed by atoms with Gasteiger partial charge in [0.05, 0.1) is 7.11 Å². The van der Waals surface area contributed by atoms with Gasteiger partial charge in [0.1, 0.15) is 0 Å². The van der Waals surface area contributed by atoms with Crippen LogP contribution in [0, 0.1) is 5.92 Å². The molecule has 2 atom stereocenters. The van der Waals surface area contributed by atoms with Crippen LogP contribution in [-0.2, 0) is 4.74 Å². The van der Waals surface area contributed by atoms with Crippen molar-refractivity contribution in [1.82, 2.24) is 5.32 Å². The maximum Gasteiger partial charge on any atom is 0.407 e. The molecule has 0 aliphatic rings. The Morgan fingerprint density at radius 1 is 1.55 bits per heavy atom. The van der Waals surface area contributed by atoms with E-state index in [1.807, 2.05) is 6.92 Å². The average molecular weight is 159 g/mol. The topological polar surface area (TPSA) is 38.3 Å². The van der Waals surface area contributed by atoms with Crippen LogP contribution in [0.1, 0.15) is 27.2 Å². The van der Waals surface area contributed by atoms with E-state index in [1.165, 1.54) is 7.11 Å². The molecule has 0 aromatic rings. The van der Waals surface area contributed by atoms with Gasteiger partial charge < -0.3 is 10.1 Å². The van der Waals surface area contributed by atoms with Gasteiger partial charge in [-0.1, -0.05) is 20.3 Å². The molecule has 0 rings (SSSR count). The molecule has 0 aromatic carbocycles. The van der Waals surface area contributed by atoms with Crippen molar-refractivity contribution in [2.24, 2.45) is 5.92 Å². The van der Waals surface area contributed by atoms with Gasteiger partial charge in [-0.3, -0.25) is 0 Å². The van der Waals surface area contributed by atoms with E-state index in [2.05, 4.69) is 23.9 Å². The minimum Gasteiger partial charge on any atom is -0.453 e. The third-order valence-electron chi connectivity index (χ3n) is 2.03. The van der Waals surface area contributed by atoms with Crippen molar-refractivity contribution >= 4 is 6.09 Å². The minimum atomic E-state index is -0.349. The molecule has 0 radical (unpaired) electrons. The monoisotopic (exact) mass is 159 g/mol. The van der Waals surface area contributed by atoms with Crippen molar-refractivity contribution < 1.29 is 9.53 Å². The zero-order chi connectivity index (χ0) is 8.85. The maximum absolute atomic E-state index is 10.7. The summed E-state index contributed by atoms with van der Waals surface area (Å²) in [4.78, 5) is 10.7. The first kappa shape index (κ1) is 10.3. The van der Waals surface area contributed by atoms with Crippen LogP contribution in [0.4, 0.5) is 4.79 Å². The molecule has 0 spiro atoms. The molecule has 0 aliphatic heterocycles. The minimum absolute atomic E-state index is 0.187. The summed E-state index contributed by atoms with van der Waals surface area (Å²) in [5.41, 5.74) is 0. The number of rotatable bonds is 3. The summed E-state index contributed by atoms with van der Waals surface area (Å²) in [5.74, 6) is 0.495. The Bertz CT molecular complexity index is 125. The summed E-state index contributed by atoms with van der Waals surface area (Å²) >= 11 is 0. The van der Waals surface area contributed by atoms with E-state index in [1.54, 1.807) is 0 Å². The predicted octanol–water partition coefficient (Wildman–Crippen LogP) is 1.78. The van der Waals surface area contributed by atoms with Crippen LogP contribution in [0.5, 0.6) is 0 Å². The van der Waals surface area contributed by atoms with Gasteiger partial charge in [0, 0.05) is 6.04 Å². The molecule has 0 saturated carbocycles. The standard InChI is InChI=1S/C8H17NO2/c1-5-6(2)7(3)9-8(10)11-4/h6-7H,5H2,1-4H3,(H,9,10). The van der Waals surface area contributed by atoms with Gasteiger partial charge >= 0.3 is 6.09 Å². The summed E-state index contributed by atoms with van der Waals surface area (Å²) in [6, 6.07) is 0.187. The Kier molecular flexibility index (Phi) is 4.66. The lowest BCUT2D eigenvalue weighted by Gasteiger charge is -2.18. The van der Waals surface area contributed by atoms with Gasteiger partial charge in [-0.15, -0.1) is 0 Å². The smallest absolute Gasteiger partial charge is 0.407 e. The normalized spacial score (nSPS) is 15.3. The fraction of sp³-hybridized carbons (Fsp3) is 0.875. The maximum atomic E-state index is 10.7. The van der Waals surface area contributed by atoms with E-state index in [0.717, 1.165) is 6.42 Å². The van der Waals surface area contributed by atoms with Crippen LogP contribution in [0.3, 0.4) is 0 Å². The molecule has 11 heavy (non-hydrogen) atoms. The first-order valence-corrected chi connectivity index (χ1v) is 3.96. The number of amides is 1. The third kappa shape index (κ3) is 3.86. The number of ether oxygens (including phenoxy) is 1. The molecular formula is C8H17NO2. The van der Waals surface area contributed by atoms with Crippen molar-refractivity contribution in [3.05, 3.63) is 0 Å². The number of carbonyl (C=O) groups is 1. The van der Waals surface area contributed by atoms with E-state index < -0.39 is 0 Å².